The molecule has 0 radical (unpaired) electrons. The molecular weight excluding hydrogens is 583 g/mol. The van der Waals surface area contributed by atoms with Crippen molar-refractivity contribution in [3.63, 3.8) is 0 Å². The van der Waals surface area contributed by atoms with Gasteiger partial charge >= 0.3 is 6.03 Å². The number of fused-ring (bicyclic) bond motifs is 1. The molecule has 228 valence electrons. The van der Waals surface area contributed by atoms with E-state index in [1.54, 1.807) is 18.3 Å². The number of hydrogen-bond acceptors (Lipinski definition) is 9. The lowest BCUT2D eigenvalue weighted by Gasteiger charge is -2.26. The molecule has 3 amide bonds. The molecule has 1 fully saturated rings. The van der Waals surface area contributed by atoms with Crippen LogP contribution in [0.2, 0.25) is 0 Å². The summed E-state index contributed by atoms with van der Waals surface area (Å²) in [4.78, 5) is 45.3. The first-order valence-corrected chi connectivity index (χ1v) is 13.9. The average Bonchev–Trinajstić information content (AvgIpc) is 3.37. The van der Waals surface area contributed by atoms with Gasteiger partial charge in [-0.25, -0.2) is 19.2 Å². The van der Waals surface area contributed by atoms with Gasteiger partial charge in [0.05, 0.1) is 23.4 Å². The zero-order chi connectivity index (χ0) is 31.7. The lowest BCUT2D eigenvalue weighted by Crippen LogP contribution is -2.49. The summed E-state index contributed by atoms with van der Waals surface area (Å²) in [5, 5.41) is 21.2. The quantitative estimate of drug-likeness (QED) is 0.145. The van der Waals surface area contributed by atoms with E-state index < -0.39 is 22.7 Å². The molecule has 6 rings (SSSR count). The van der Waals surface area contributed by atoms with Crippen LogP contribution in [0, 0.1) is 15.9 Å². The van der Waals surface area contributed by atoms with Crippen LogP contribution in [0.3, 0.4) is 0 Å². The molecule has 45 heavy (non-hydrogen) atoms. The standard InChI is InChI=1S/C31H27FN8O5/c1-38-17-21(20-5-3-4-6-26(20)38)23-9-11-33-30(35-23)36-25-14-27(40(43)44)24(15-28(25)45-2)34-16-18-7-8-19(13-22(18)32)39-12-10-29(41)37-31(39)42/h3-9,11,13-15,17,34H,10,12,16H2,1-2H3,(H,33,35,36)(H,37,41,42). The molecule has 0 bridgehead atoms. The van der Waals surface area contributed by atoms with Crippen molar-refractivity contribution in [1.82, 2.24) is 19.9 Å². The maximum absolute atomic E-state index is 15.0. The van der Waals surface area contributed by atoms with Crippen LogP contribution in [-0.4, -0.2) is 45.1 Å². The SMILES string of the molecule is COc1cc(NCc2ccc(N3CCC(=O)NC3=O)cc2F)c([N+](=O)[O-])cc1Nc1nccc(-c2cn(C)c3ccccc23)n1. The minimum absolute atomic E-state index is 0.0935. The molecule has 0 unspecified atom stereocenters. The number of halogens is 1. The Labute approximate surface area is 255 Å². The average molecular weight is 611 g/mol. The third kappa shape index (κ3) is 5.80. The van der Waals surface area contributed by atoms with Crippen molar-refractivity contribution in [2.45, 2.75) is 13.0 Å². The van der Waals surface area contributed by atoms with Crippen LogP contribution >= 0.6 is 0 Å². The van der Waals surface area contributed by atoms with Crippen LogP contribution in [0.15, 0.2) is 73.1 Å². The number of rotatable bonds is 9. The Bertz CT molecular complexity index is 1980. The summed E-state index contributed by atoms with van der Waals surface area (Å²) in [5.74, 6) is -0.537. The number of hydrogen-bond donors (Lipinski definition) is 3. The number of carbonyl (C=O) groups excluding carboxylic acids is 2. The van der Waals surface area contributed by atoms with E-state index >= 15 is 4.39 Å². The number of methoxy groups -OCH3 is 1. The van der Waals surface area contributed by atoms with E-state index in [0.717, 1.165) is 16.5 Å². The first-order valence-electron chi connectivity index (χ1n) is 13.9. The van der Waals surface area contributed by atoms with E-state index in [9.17, 15) is 19.7 Å². The Morgan fingerprint density at radius 1 is 1.11 bits per heavy atom. The van der Waals surface area contributed by atoms with Crippen molar-refractivity contribution in [1.29, 1.82) is 0 Å². The Kier molecular flexibility index (Phi) is 7.69. The molecule has 0 saturated carbocycles. The maximum Gasteiger partial charge on any atom is 0.328 e. The number of anilines is 4. The summed E-state index contributed by atoms with van der Waals surface area (Å²) in [5.41, 5.74) is 3.20. The van der Waals surface area contributed by atoms with Crippen molar-refractivity contribution in [3.8, 4) is 17.0 Å². The number of nitro benzene ring substituents is 1. The van der Waals surface area contributed by atoms with E-state index in [0.29, 0.717) is 5.69 Å². The number of carbonyl (C=O) groups is 2. The second kappa shape index (κ2) is 11.9. The number of aromatic nitrogens is 3. The third-order valence-electron chi connectivity index (χ3n) is 7.46. The molecule has 13 nitrogen and oxygen atoms in total. The molecule has 0 spiro atoms. The fourth-order valence-electron chi connectivity index (χ4n) is 5.21. The number of nitrogens with zero attached hydrogens (tertiary/aromatic N) is 5. The van der Waals surface area contributed by atoms with Crippen molar-refractivity contribution in [3.05, 3.63) is 94.6 Å². The number of aryl methyl sites for hydroxylation is 1. The Hall–Kier alpha value is -6.05. The highest BCUT2D eigenvalue weighted by molar-refractivity contribution is 6.05. The first kappa shape index (κ1) is 29.0. The van der Waals surface area contributed by atoms with Crippen LogP contribution in [-0.2, 0) is 18.4 Å². The number of urea groups is 1. The smallest absolute Gasteiger partial charge is 0.328 e. The summed E-state index contributed by atoms with van der Waals surface area (Å²) < 4.78 is 22.5. The lowest BCUT2D eigenvalue weighted by atomic mass is 10.1. The largest absolute Gasteiger partial charge is 0.494 e. The number of nitro groups is 1. The van der Waals surface area contributed by atoms with E-state index in [-0.39, 0.29) is 59.5 Å². The summed E-state index contributed by atoms with van der Waals surface area (Å²) in [6.45, 7) is 0.0380. The minimum Gasteiger partial charge on any atom is -0.494 e. The van der Waals surface area contributed by atoms with Gasteiger partial charge in [-0.1, -0.05) is 24.3 Å². The van der Waals surface area contributed by atoms with Crippen molar-refractivity contribution < 1.29 is 23.6 Å². The second-order valence-corrected chi connectivity index (χ2v) is 10.3. The van der Waals surface area contributed by atoms with Gasteiger partial charge < -0.3 is 19.9 Å². The third-order valence-corrected chi connectivity index (χ3v) is 7.46. The molecule has 0 atom stereocenters. The van der Waals surface area contributed by atoms with Gasteiger partial charge in [-0.15, -0.1) is 0 Å². The molecule has 1 aliphatic rings. The highest BCUT2D eigenvalue weighted by Crippen LogP contribution is 2.38. The molecule has 0 aliphatic carbocycles. The second-order valence-electron chi connectivity index (χ2n) is 10.3. The Morgan fingerprint density at radius 3 is 2.69 bits per heavy atom. The predicted molar refractivity (Wildman–Crippen MR) is 166 cm³/mol. The van der Waals surface area contributed by atoms with Crippen LogP contribution in [0.1, 0.15) is 12.0 Å². The van der Waals surface area contributed by atoms with Gasteiger partial charge in [0.15, 0.2) is 0 Å². The molecule has 2 aromatic heterocycles. The summed E-state index contributed by atoms with van der Waals surface area (Å²) >= 11 is 0. The number of imide groups is 1. The van der Waals surface area contributed by atoms with Crippen molar-refractivity contribution in [2.75, 3.05) is 29.2 Å². The van der Waals surface area contributed by atoms with Crippen LogP contribution in [0.25, 0.3) is 22.2 Å². The van der Waals surface area contributed by atoms with E-state index in [1.807, 2.05) is 42.1 Å². The maximum atomic E-state index is 15.0. The molecule has 5 aromatic rings. The number of para-hydroxylation sites is 1. The molecular formula is C31H27FN8O5. The fourth-order valence-corrected chi connectivity index (χ4v) is 5.21. The molecule has 3 N–H and O–H groups in total. The number of amides is 3. The summed E-state index contributed by atoms with van der Waals surface area (Å²) in [7, 11) is 3.38. The summed E-state index contributed by atoms with van der Waals surface area (Å²) in [6, 6.07) is 16.0. The monoisotopic (exact) mass is 610 g/mol. The van der Waals surface area contributed by atoms with Gasteiger partial charge in [0.1, 0.15) is 17.3 Å². The highest BCUT2D eigenvalue weighted by atomic mass is 19.1. The molecule has 1 aliphatic heterocycles. The highest BCUT2D eigenvalue weighted by Gasteiger charge is 2.25. The topological polar surface area (TPSA) is 157 Å². The minimum atomic E-state index is -0.626. The van der Waals surface area contributed by atoms with Crippen molar-refractivity contribution in [2.24, 2.45) is 7.05 Å². The van der Waals surface area contributed by atoms with Gasteiger partial charge in [-0.2, -0.15) is 0 Å². The van der Waals surface area contributed by atoms with E-state index in [4.69, 9.17) is 4.74 Å². The van der Waals surface area contributed by atoms with Crippen LogP contribution in [0.4, 0.5) is 37.9 Å². The molecule has 3 heterocycles. The van der Waals surface area contributed by atoms with E-state index in [1.165, 1.54) is 36.3 Å². The number of benzene rings is 3. The van der Waals surface area contributed by atoms with Crippen LogP contribution in [0.5, 0.6) is 5.75 Å². The Balaban J connectivity index is 1.23. The first-order chi connectivity index (χ1) is 21.7. The molecule has 1 saturated heterocycles. The van der Waals surface area contributed by atoms with Gasteiger partial charge in [-0.3, -0.25) is 25.1 Å². The molecule has 3 aromatic carbocycles. The van der Waals surface area contributed by atoms with Gasteiger partial charge in [0.25, 0.3) is 5.69 Å². The predicted octanol–water partition coefficient (Wildman–Crippen LogP) is 5.49. The fraction of sp³-hybridized carbons (Fsp3) is 0.161. The number of ether oxygens (including phenoxy) is 1. The Morgan fingerprint density at radius 2 is 1.93 bits per heavy atom. The van der Waals surface area contributed by atoms with Crippen LogP contribution < -0.4 is 25.6 Å². The normalized spacial score (nSPS) is 13.1. The number of nitrogens with one attached hydrogen (secondary N) is 3. The van der Waals surface area contributed by atoms with E-state index in [2.05, 4.69) is 25.9 Å². The zero-order valence-corrected chi connectivity index (χ0v) is 24.2. The van der Waals surface area contributed by atoms with Gasteiger partial charge in [0, 0.05) is 78.8 Å². The van der Waals surface area contributed by atoms with Crippen molar-refractivity contribution >= 4 is 51.5 Å². The van der Waals surface area contributed by atoms with Gasteiger partial charge in [0.2, 0.25) is 11.9 Å². The summed E-state index contributed by atoms with van der Waals surface area (Å²) in [6.07, 6.45) is 3.68. The lowest BCUT2D eigenvalue weighted by molar-refractivity contribution is -0.383. The molecule has 14 heteroatoms. The van der Waals surface area contributed by atoms with Gasteiger partial charge in [-0.05, 0) is 24.3 Å². The zero-order valence-electron chi connectivity index (χ0n) is 24.2.